The van der Waals surface area contributed by atoms with Crippen molar-refractivity contribution < 1.29 is 36.9 Å². The Bertz CT molecular complexity index is 4090. The molecule has 23 heteroatoms. The molecule has 0 saturated carbocycles. The molecule has 512 valence electrons. The van der Waals surface area contributed by atoms with Gasteiger partial charge in [-0.2, -0.15) is 0 Å². The normalized spacial score (nSPS) is 12.9. The van der Waals surface area contributed by atoms with Gasteiger partial charge in [-0.15, -0.1) is 0 Å². The summed E-state index contributed by atoms with van der Waals surface area (Å²) in [6, 6.07) is 39.0. The summed E-state index contributed by atoms with van der Waals surface area (Å²) in [4.78, 5) is 58.4. The van der Waals surface area contributed by atoms with Crippen molar-refractivity contribution >= 4 is 51.9 Å². The first-order valence-corrected chi connectivity index (χ1v) is 33.8. The van der Waals surface area contributed by atoms with Crippen LogP contribution in [0.15, 0.2) is 160 Å². The number of aromatic nitrogens is 6. The third-order valence-electron chi connectivity index (χ3n) is 16.0. The third kappa shape index (κ3) is 20.7. The van der Waals surface area contributed by atoms with Crippen LogP contribution in [0.25, 0.3) is 17.1 Å². The highest BCUT2D eigenvalue weighted by Gasteiger charge is 2.21. The zero-order valence-corrected chi connectivity index (χ0v) is 57.5. The molecule has 17 nitrogen and oxygen atoms in total. The second-order valence-corrected chi connectivity index (χ2v) is 24.7. The topological polar surface area (TPSA) is 161 Å². The molecule has 0 spiro atoms. The fourth-order valence-corrected chi connectivity index (χ4v) is 12.1. The average Bonchev–Trinajstić information content (AvgIpc) is 0.814. The number of anilines is 3. The van der Waals surface area contributed by atoms with Gasteiger partial charge in [0.15, 0.2) is 17.5 Å². The van der Waals surface area contributed by atoms with Gasteiger partial charge in [-0.1, -0.05) is 105 Å². The molecule has 0 unspecified atom stereocenters. The van der Waals surface area contributed by atoms with Gasteiger partial charge in [-0.05, 0) is 125 Å². The minimum absolute atomic E-state index is 0.00318. The lowest BCUT2D eigenvalue weighted by Gasteiger charge is -2.29. The van der Waals surface area contributed by atoms with Crippen LogP contribution >= 0.6 is 34.8 Å². The van der Waals surface area contributed by atoms with Crippen LogP contribution in [0.4, 0.5) is 30.2 Å². The molecule has 5 heterocycles. The minimum atomic E-state index is -0.418. The first-order valence-electron chi connectivity index (χ1n) is 32.7. The second-order valence-electron chi connectivity index (χ2n) is 23.4. The molecule has 2 saturated heterocycles. The number of rotatable bonds is 25. The van der Waals surface area contributed by atoms with E-state index in [1.807, 2.05) is 24.3 Å². The SMILES string of the molecule is CCCCCCN(CCCCCC)c1ccc(-n2c(COc3cccc(F)c3)nc(C)cc2=O)cc1F.Cc1cc(=O)n(-c2ccc(N3CCOCC3)c(Cl)c2)c(COc2cccc(Cl)c2)n1.Cc1cc(=O)n(-c2ccc(N3CCOCC3)c(Cl)c2)c(COc2cccc(F)c2)n1. The Labute approximate surface area is 578 Å². The van der Waals surface area contributed by atoms with Gasteiger partial charge >= 0.3 is 0 Å². The Kier molecular flexibility index (Phi) is 27.0. The molecule has 9 aromatic rings. The van der Waals surface area contributed by atoms with E-state index in [0.717, 1.165) is 89.2 Å². The number of nitrogens with zero attached hydrogens (tertiary/aromatic N) is 9. The summed E-state index contributed by atoms with van der Waals surface area (Å²) in [7, 11) is 0. The highest BCUT2D eigenvalue weighted by Crippen LogP contribution is 2.32. The molecular formula is C74H81Cl3F3N9O8. The third-order valence-corrected chi connectivity index (χ3v) is 16.9. The lowest BCUT2D eigenvalue weighted by molar-refractivity contribution is 0.122. The van der Waals surface area contributed by atoms with Crippen molar-refractivity contribution in [1.29, 1.82) is 0 Å². The van der Waals surface area contributed by atoms with Crippen LogP contribution in [0.3, 0.4) is 0 Å². The summed E-state index contributed by atoms with van der Waals surface area (Å²) in [5.41, 5.74) is 4.96. The van der Waals surface area contributed by atoms with E-state index in [-0.39, 0.29) is 42.3 Å². The Morgan fingerprint density at radius 1 is 0.454 bits per heavy atom. The number of benzene rings is 6. The maximum atomic E-state index is 15.5. The maximum absolute atomic E-state index is 15.5. The summed E-state index contributed by atoms with van der Waals surface area (Å²) in [6.45, 7) is 17.0. The highest BCUT2D eigenvalue weighted by atomic mass is 35.5. The molecule has 0 radical (unpaired) electrons. The van der Waals surface area contributed by atoms with E-state index in [1.54, 1.807) is 93.6 Å². The molecule has 2 fully saturated rings. The molecule has 11 rings (SSSR count). The zero-order chi connectivity index (χ0) is 68.8. The Morgan fingerprint density at radius 2 is 0.835 bits per heavy atom. The lowest BCUT2D eigenvalue weighted by Crippen LogP contribution is -2.36. The monoisotopic (exact) mass is 1390 g/mol. The van der Waals surface area contributed by atoms with Gasteiger partial charge in [0.05, 0.1) is 70.6 Å². The first-order chi connectivity index (χ1) is 46.9. The average molecular weight is 1390 g/mol. The summed E-state index contributed by atoms with van der Waals surface area (Å²) in [6.07, 6.45) is 8.96. The number of aryl methyl sites for hydroxylation is 3. The summed E-state index contributed by atoms with van der Waals surface area (Å²) >= 11 is 19.1. The van der Waals surface area contributed by atoms with Crippen molar-refractivity contribution in [3.8, 4) is 34.3 Å². The van der Waals surface area contributed by atoms with Gasteiger partial charge in [0, 0.05) is 97.8 Å². The van der Waals surface area contributed by atoms with Gasteiger partial charge in [-0.3, -0.25) is 28.1 Å². The summed E-state index contributed by atoms with van der Waals surface area (Å²) in [5, 5.41) is 1.69. The predicted octanol–water partition coefficient (Wildman–Crippen LogP) is 15.4. The van der Waals surface area contributed by atoms with E-state index in [2.05, 4.69) is 43.5 Å². The van der Waals surface area contributed by atoms with Gasteiger partial charge in [0.1, 0.15) is 54.5 Å². The lowest BCUT2D eigenvalue weighted by atomic mass is 10.1. The Hall–Kier alpha value is -8.66. The van der Waals surface area contributed by atoms with Crippen molar-refractivity contribution in [1.82, 2.24) is 28.7 Å². The van der Waals surface area contributed by atoms with Crippen LogP contribution < -0.4 is 45.6 Å². The minimum Gasteiger partial charge on any atom is -0.486 e. The predicted molar refractivity (Wildman–Crippen MR) is 378 cm³/mol. The molecule has 3 aromatic heterocycles. The van der Waals surface area contributed by atoms with Crippen LogP contribution in [0.1, 0.15) is 99.8 Å². The smallest absolute Gasteiger partial charge is 0.258 e. The van der Waals surface area contributed by atoms with Crippen molar-refractivity contribution in [2.24, 2.45) is 0 Å². The summed E-state index contributed by atoms with van der Waals surface area (Å²) < 4.78 is 74.8. The number of morpholine rings is 2. The van der Waals surface area contributed by atoms with Crippen molar-refractivity contribution in [3.63, 3.8) is 0 Å². The van der Waals surface area contributed by atoms with E-state index < -0.39 is 11.6 Å². The molecule has 0 bridgehead atoms. The van der Waals surface area contributed by atoms with Crippen LogP contribution in [-0.4, -0.2) is 94.3 Å². The van der Waals surface area contributed by atoms with Crippen molar-refractivity contribution in [2.75, 3.05) is 80.4 Å². The van der Waals surface area contributed by atoms with Gasteiger partial charge in [0.2, 0.25) is 0 Å². The standard InChI is InChI=1S/C30H39F2N3O2.C22H21Cl2N3O3.C22H21ClFN3O3/c1-4-6-8-10-17-34(18-11-9-7-5-2)28-16-15-25(21-27(28)32)35-29(33-23(3)19-30(35)36)22-37-26-14-12-13-24(31)20-26;1-15-11-22(28)27(21(25-15)14-30-18-4-2-3-16(23)12-18)17-5-6-20(19(24)13-17)26-7-9-29-10-8-26;1-15-11-22(28)27(21(25-15)14-30-18-4-2-3-16(24)12-18)17-5-6-20(19(23)13-17)26-7-9-29-10-8-26/h12-16,19-21H,4-11,17-18,22H2,1-3H3;2*2-6,11-13H,7-10,14H2,1H3. The highest BCUT2D eigenvalue weighted by molar-refractivity contribution is 6.34. The van der Waals surface area contributed by atoms with E-state index in [9.17, 15) is 23.2 Å². The fraction of sp³-hybridized carbons (Fsp3) is 0.351. The molecular weight excluding hydrogens is 1310 g/mol. The number of hydrogen-bond donors (Lipinski definition) is 0. The molecule has 0 N–H and O–H groups in total. The molecule has 2 aliphatic heterocycles. The number of unbranched alkanes of at least 4 members (excludes halogenated alkanes) is 6. The molecule has 2 aliphatic rings. The number of hydrogen-bond acceptors (Lipinski definition) is 14. The van der Waals surface area contributed by atoms with Crippen molar-refractivity contribution in [2.45, 2.75) is 106 Å². The number of halogens is 6. The summed E-state index contributed by atoms with van der Waals surface area (Å²) in [5.74, 6) is 1.31. The Morgan fingerprint density at radius 3 is 1.21 bits per heavy atom. The van der Waals surface area contributed by atoms with E-state index >= 15 is 4.39 Å². The quantitative estimate of drug-likeness (QED) is 0.0497. The first kappa shape index (κ1) is 72.6. The van der Waals surface area contributed by atoms with Crippen LogP contribution in [0.2, 0.25) is 15.1 Å². The van der Waals surface area contributed by atoms with E-state index in [0.29, 0.717) is 116 Å². The van der Waals surface area contributed by atoms with Crippen LogP contribution in [0.5, 0.6) is 17.2 Å². The Balaban J connectivity index is 0.000000172. The molecule has 6 aromatic carbocycles. The van der Waals surface area contributed by atoms with Gasteiger partial charge in [-0.25, -0.2) is 28.1 Å². The zero-order valence-electron chi connectivity index (χ0n) is 55.3. The molecule has 97 heavy (non-hydrogen) atoms. The maximum Gasteiger partial charge on any atom is 0.258 e. The largest absolute Gasteiger partial charge is 0.486 e. The molecule has 0 amide bonds. The van der Waals surface area contributed by atoms with Crippen molar-refractivity contribution in [3.05, 3.63) is 244 Å². The number of ether oxygens (including phenoxy) is 5. The second kappa shape index (κ2) is 36.1. The fourth-order valence-electron chi connectivity index (χ4n) is 11.3. The van der Waals surface area contributed by atoms with Crippen LogP contribution in [-0.2, 0) is 29.3 Å². The van der Waals surface area contributed by atoms with E-state index in [4.69, 9.17) is 58.5 Å². The van der Waals surface area contributed by atoms with E-state index in [1.165, 1.54) is 75.1 Å². The van der Waals surface area contributed by atoms with Gasteiger partial charge in [0.25, 0.3) is 16.7 Å². The molecule has 0 atom stereocenters. The molecule has 0 aliphatic carbocycles. The van der Waals surface area contributed by atoms with Gasteiger partial charge < -0.3 is 38.4 Å². The van der Waals surface area contributed by atoms with Crippen LogP contribution in [0, 0.1) is 38.2 Å².